The lowest BCUT2D eigenvalue weighted by atomic mass is 9.97. The summed E-state index contributed by atoms with van der Waals surface area (Å²) >= 11 is 0. The zero-order chi connectivity index (χ0) is 11.4. The predicted octanol–water partition coefficient (Wildman–Crippen LogP) is 0.749. The first kappa shape index (κ1) is 11.4. The van der Waals surface area contributed by atoms with Gasteiger partial charge in [-0.1, -0.05) is 0 Å². The second kappa shape index (κ2) is 5.27. The fourth-order valence-electron chi connectivity index (χ4n) is 2.23. The highest BCUT2D eigenvalue weighted by Gasteiger charge is 2.20. The van der Waals surface area contributed by atoms with Crippen LogP contribution in [0.2, 0.25) is 0 Å². The molecule has 1 fully saturated rings. The largest absolute Gasteiger partial charge is 0.396 e. The van der Waals surface area contributed by atoms with Crippen molar-refractivity contribution in [3.8, 4) is 0 Å². The Morgan fingerprint density at radius 1 is 1.44 bits per heavy atom. The van der Waals surface area contributed by atoms with Crippen LogP contribution in [0, 0.1) is 5.92 Å². The van der Waals surface area contributed by atoms with Crippen molar-refractivity contribution in [2.75, 3.05) is 24.6 Å². The topological polar surface area (TPSA) is 62.4 Å². The number of aliphatic hydroxyl groups is 1. The Morgan fingerprint density at radius 2 is 2.19 bits per heavy atom. The molecule has 1 aromatic rings. The summed E-state index contributed by atoms with van der Waals surface area (Å²) in [4.78, 5) is 6.62. The van der Waals surface area contributed by atoms with E-state index in [0.29, 0.717) is 19.1 Å². The van der Waals surface area contributed by atoms with E-state index in [0.717, 1.165) is 37.3 Å². The SMILES string of the molecule is NCc1ncccc1N1CCC(CO)CC1. The molecule has 0 atom stereocenters. The molecule has 4 nitrogen and oxygen atoms in total. The van der Waals surface area contributed by atoms with Gasteiger partial charge in [0, 0.05) is 32.4 Å². The number of aliphatic hydroxyl groups excluding tert-OH is 1. The molecule has 0 amide bonds. The smallest absolute Gasteiger partial charge is 0.0772 e. The van der Waals surface area contributed by atoms with Crippen molar-refractivity contribution >= 4 is 5.69 Å². The second-order valence-electron chi connectivity index (χ2n) is 4.29. The van der Waals surface area contributed by atoms with Crippen molar-refractivity contribution in [2.24, 2.45) is 11.7 Å². The monoisotopic (exact) mass is 221 g/mol. The molecular formula is C12H19N3O. The minimum atomic E-state index is 0.310. The first-order valence-corrected chi connectivity index (χ1v) is 5.85. The van der Waals surface area contributed by atoms with E-state index in [9.17, 15) is 0 Å². The highest BCUT2D eigenvalue weighted by molar-refractivity contribution is 5.50. The van der Waals surface area contributed by atoms with E-state index in [1.165, 1.54) is 0 Å². The molecule has 1 aliphatic heterocycles. The molecule has 1 aromatic heterocycles. The molecule has 0 bridgehead atoms. The van der Waals surface area contributed by atoms with Crippen molar-refractivity contribution in [3.05, 3.63) is 24.0 Å². The normalized spacial score (nSPS) is 17.8. The molecule has 1 saturated heterocycles. The maximum Gasteiger partial charge on any atom is 0.0772 e. The van der Waals surface area contributed by atoms with Gasteiger partial charge in [0.15, 0.2) is 0 Å². The summed E-state index contributed by atoms with van der Waals surface area (Å²) in [5, 5.41) is 9.10. The number of nitrogens with zero attached hydrogens (tertiary/aromatic N) is 2. The lowest BCUT2D eigenvalue weighted by Gasteiger charge is -2.33. The minimum absolute atomic E-state index is 0.310. The number of piperidine rings is 1. The average Bonchev–Trinajstić information content (AvgIpc) is 2.39. The van der Waals surface area contributed by atoms with Gasteiger partial charge in [0.25, 0.3) is 0 Å². The molecule has 0 saturated carbocycles. The van der Waals surface area contributed by atoms with Gasteiger partial charge in [0.05, 0.1) is 11.4 Å². The average molecular weight is 221 g/mol. The van der Waals surface area contributed by atoms with Crippen molar-refractivity contribution in [1.82, 2.24) is 4.98 Å². The summed E-state index contributed by atoms with van der Waals surface area (Å²) in [5.74, 6) is 0.467. The van der Waals surface area contributed by atoms with Crippen LogP contribution in [0.3, 0.4) is 0 Å². The van der Waals surface area contributed by atoms with Crippen LogP contribution in [0.1, 0.15) is 18.5 Å². The van der Waals surface area contributed by atoms with Crippen LogP contribution in [0.4, 0.5) is 5.69 Å². The third-order valence-corrected chi connectivity index (χ3v) is 3.27. The maximum absolute atomic E-state index is 9.10. The van der Waals surface area contributed by atoms with Crippen LogP contribution in [0.25, 0.3) is 0 Å². The van der Waals surface area contributed by atoms with Gasteiger partial charge < -0.3 is 15.7 Å². The Kier molecular flexibility index (Phi) is 3.74. The summed E-state index contributed by atoms with van der Waals surface area (Å²) in [6, 6.07) is 4.03. The molecule has 88 valence electrons. The van der Waals surface area contributed by atoms with E-state index in [2.05, 4.69) is 16.0 Å². The number of rotatable bonds is 3. The fraction of sp³-hybridized carbons (Fsp3) is 0.583. The predicted molar refractivity (Wildman–Crippen MR) is 64.2 cm³/mol. The number of nitrogens with two attached hydrogens (primary N) is 1. The van der Waals surface area contributed by atoms with Crippen LogP contribution < -0.4 is 10.6 Å². The fourth-order valence-corrected chi connectivity index (χ4v) is 2.23. The van der Waals surface area contributed by atoms with E-state index < -0.39 is 0 Å². The Labute approximate surface area is 96.1 Å². The molecular weight excluding hydrogens is 202 g/mol. The molecule has 4 heteroatoms. The molecule has 0 aromatic carbocycles. The summed E-state index contributed by atoms with van der Waals surface area (Å²) in [7, 11) is 0. The van der Waals surface area contributed by atoms with Crippen LogP contribution in [0.5, 0.6) is 0 Å². The summed E-state index contributed by atoms with van der Waals surface area (Å²) in [5.41, 5.74) is 7.80. The molecule has 0 radical (unpaired) electrons. The summed E-state index contributed by atoms with van der Waals surface area (Å²) in [6.07, 6.45) is 3.89. The van der Waals surface area contributed by atoms with E-state index in [4.69, 9.17) is 10.8 Å². The minimum Gasteiger partial charge on any atom is -0.396 e. The van der Waals surface area contributed by atoms with Gasteiger partial charge in [-0.2, -0.15) is 0 Å². The van der Waals surface area contributed by atoms with Crippen molar-refractivity contribution < 1.29 is 5.11 Å². The Bertz CT molecular complexity index is 335. The third-order valence-electron chi connectivity index (χ3n) is 3.27. The van der Waals surface area contributed by atoms with E-state index in [1.54, 1.807) is 6.20 Å². The number of aromatic nitrogens is 1. The van der Waals surface area contributed by atoms with Gasteiger partial charge >= 0.3 is 0 Å². The second-order valence-corrected chi connectivity index (χ2v) is 4.29. The van der Waals surface area contributed by atoms with Gasteiger partial charge in [0.1, 0.15) is 0 Å². The number of hydrogen-bond donors (Lipinski definition) is 2. The quantitative estimate of drug-likeness (QED) is 0.790. The van der Waals surface area contributed by atoms with Crippen LogP contribution in [-0.4, -0.2) is 29.8 Å². The van der Waals surface area contributed by atoms with Crippen molar-refractivity contribution in [3.63, 3.8) is 0 Å². The Balaban J connectivity index is 2.07. The molecule has 0 spiro atoms. The molecule has 0 unspecified atom stereocenters. The lowest BCUT2D eigenvalue weighted by Crippen LogP contribution is -2.35. The zero-order valence-electron chi connectivity index (χ0n) is 9.47. The van der Waals surface area contributed by atoms with Crippen LogP contribution >= 0.6 is 0 Å². The van der Waals surface area contributed by atoms with E-state index in [1.807, 2.05) is 6.07 Å². The first-order valence-electron chi connectivity index (χ1n) is 5.85. The summed E-state index contributed by atoms with van der Waals surface area (Å²) in [6.45, 7) is 2.77. The Hall–Kier alpha value is -1.13. The van der Waals surface area contributed by atoms with Crippen molar-refractivity contribution in [2.45, 2.75) is 19.4 Å². The number of hydrogen-bond acceptors (Lipinski definition) is 4. The van der Waals surface area contributed by atoms with Gasteiger partial charge in [-0.3, -0.25) is 4.98 Å². The van der Waals surface area contributed by atoms with Crippen LogP contribution in [-0.2, 0) is 6.54 Å². The Morgan fingerprint density at radius 3 is 2.81 bits per heavy atom. The van der Waals surface area contributed by atoms with E-state index in [-0.39, 0.29) is 0 Å². The van der Waals surface area contributed by atoms with Gasteiger partial charge in [-0.05, 0) is 30.9 Å². The third kappa shape index (κ3) is 2.33. The molecule has 0 aliphatic carbocycles. The highest BCUT2D eigenvalue weighted by atomic mass is 16.3. The molecule has 3 N–H and O–H groups in total. The highest BCUT2D eigenvalue weighted by Crippen LogP contribution is 2.24. The molecule has 2 heterocycles. The summed E-state index contributed by atoms with van der Waals surface area (Å²) < 4.78 is 0. The number of pyridine rings is 1. The molecule has 1 aliphatic rings. The van der Waals surface area contributed by atoms with E-state index >= 15 is 0 Å². The molecule has 2 rings (SSSR count). The van der Waals surface area contributed by atoms with Gasteiger partial charge in [-0.15, -0.1) is 0 Å². The van der Waals surface area contributed by atoms with Crippen molar-refractivity contribution in [1.29, 1.82) is 0 Å². The zero-order valence-corrected chi connectivity index (χ0v) is 9.47. The standard InChI is InChI=1S/C12H19N3O/c13-8-11-12(2-1-5-14-11)15-6-3-10(9-16)4-7-15/h1-2,5,10,16H,3-4,6-9,13H2. The lowest BCUT2D eigenvalue weighted by molar-refractivity contribution is 0.203. The number of anilines is 1. The first-order chi connectivity index (χ1) is 7.85. The van der Waals surface area contributed by atoms with Gasteiger partial charge in [-0.25, -0.2) is 0 Å². The molecule has 16 heavy (non-hydrogen) atoms. The van der Waals surface area contributed by atoms with Crippen LogP contribution in [0.15, 0.2) is 18.3 Å². The van der Waals surface area contributed by atoms with Gasteiger partial charge in [0.2, 0.25) is 0 Å². The maximum atomic E-state index is 9.10.